The predicted molar refractivity (Wildman–Crippen MR) is 78.6 cm³/mol. The lowest BCUT2D eigenvalue weighted by molar-refractivity contribution is 1.02. The number of hydrogen-bond acceptors (Lipinski definition) is 3. The summed E-state index contributed by atoms with van der Waals surface area (Å²) in [5, 5.41) is 1.02. The third kappa shape index (κ3) is 2.39. The highest BCUT2D eigenvalue weighted by Crippen LogP contribution is 2.22. The van der Waals surface area contributed by atoms with Crippen LogP contribution in [0.2, 0.25) is 0 Å². The van der Waals surface area contributed by atoms with Crippen molar-refractivity contribution in [3.8, 4) is 16.9 Å². The van der Waals surface area contributed by atoms with E-state index in [2.05, 4.69) is 28.2 Å². The zero-order valence-corrected chi connectivity index (χ0v) is 11.3. The number of nitrogens with zero attached hydrogens (tertiary/aromatic N) is 3. The lowest BCUT2D eigenvalue weighted by Gasteiger charge is -2.08. The normalized spacial score (nSPS) is 10.6. The number of pyridine rings is 1. The van der Waals surface area contributed by atoms with Crippen molar-refractivity contribution < 1.29 is 0 Å². The second-order valence-electron chi connectivity index (χ2n) is 4.07. The molecular formula is C15H13N3S. The van der Waals surface area contributed by atoms with Crippen molar-refractivity contribution in [2.75, 3.05) is 6.26 Å². The van der Waals surface area contributed by atoms with Gasteiger partial charge in [0.15, 0.2) is 0 Å². The minimum atomic E-state index is 1.02. The molecule has 0 unspecified atom stereocenters. The Morgan fingerprint density at radius 2 is 1.84 bits per heavy atom. The van der Waals surface area contributed by atoms with Crippen molar-refractivity contribution in [3.05, 3.63) is 61.2 Å². The van der Waals surface area contributed by atoms with Crippen LogP contribution in [0.15, 0.2) is 66.2 Å². The second-order valence-corrected chi connectivity index (χ2v) is 4.90. The molecule has 2 aromatic heterocycles. The molecule has 0 aliphatic rings. The van der Waals surface area contributed by atoms with Crippen molar-refractivity contribution in [2.24, 2.45) is 0 Å². The lowest BCUT2D eigenvalue weighted by Crippen LogP contribution is -1.96. The van der Waals surface area contributed by atoms with Crippen LogP contribution in [0, 0.1) is 0 Å². The Hall–Kier alpha value is -2.07. The first-order valence-corrected chi connectivity index (χ1v) is 7.19. The van der Waals surface area contributed by atoms with Crippen molar-refractivity contribution >= 4 is 11.8 Å². The molecule has 3 rings (SSSR count). The number of rotatable bonds is 3. The van der Waals surface area contributed by atoms with Crippen molar-refractivity contribution in [3.63, 3.8) is 0 Å². The fourth-order valence-corrected chi connectivity index (χ4v) is 2.32. The van der Waals surface area contributed by atoms with Gasteiger partial charge in [0, 0.05) is 5.56 Å². The second kappa shape index (κ2) is 5.28. The lowest BCUT2D eigenvalue weighted by atomic mass is 10.1. The summed E-state index contributed by atoms with van der Waals surface area (Å²) in [7, 11) is 0. The van der Waals surface area contributed by atoms with Crippen LogP contribution >= 0.6 is 11.8 Å². The zero-order chi connectivity index (χ0) is 13.1. The molecule has 0 spiro atoms. The molecule has 3 aromatic rings. The molecule has 0 radical (unpaired) electrons. The molecule has 0 amide bonds. The average molecular weight is 267 g/mol. The topological polar surface area (TPSA) is 30.7 Å². The van der Waals surface area contributed by atoms with Gasteiger partial charge in [-0.25, -0.2) is 9.97 Å². The Labute approximate surface area is 116 Å². The van der Waals surface area contributed by atoms with Gasteiger partial charge in [0.05, 0.1) is 35.1 Å². The summed E-state index contributed by atoms with van der Waals surface area (Å²) in [5.74, 6) is 0. The molecule has 4 heteroatoms. The maximum atomic E-state index is 4.40. The molecule has 0 aliphatic heterocycles. The van der Waals surface area contributed by atoms with Crippen LogP contribution in [0.1, 0.15) is 0 Å². The summed E-state index contributed by atoms with van der Waals surface area (Å²) in [4.78, 5) is 8.65. The van der Waals surface area contributed by atoms with E-state index in [0.717, 1.165) is 22.0 Å². The number of hydrogen-bond donors (Lipinski definition) is 0. The molecule has 94 valence electrons. The Morgan fingerprint density at radius 3 is 2.53 bits per heavy atom. The van der Waals surface area contributed by atoms with Crippen LogP contribution in [-0.4, -0.2) is 20.8 Å². The molecule has 2 heterocycles. The summed E-state index contributed by atoms with van der Waals surface area (Å²) in [5.41, 5.74) is 3.24. The number of aromatic nitrogens is 3. The van der Waals surface area contributed by atoms with E-state index in [1.165, 1.54) is 0 Å². The highest BCUT2D eigenvalue weighted by molar-refractivity contribution is 7.98. The molecule has 3 nitrogen and oxygen atoms in total. The highest BCUT2D eigenvalue weighted by Gasteiger charge is 2.06. The minimum Gasteiger partial charge on any atom is -0.297 e. The molecule has 1 aromatic carbocycles. The summed E-state index contributed by atoms with van der Waals surface area (Å²) >= 11 is 1.64. The van der Waals surface area contributed by atoms with E-state index in [-0.39, 0.29) is 0 Å². The van der Waals surface area contributed by atoms with Gasteiger partial charge in [0.2, 0.25) is 0 Å². The molecule has 0 saturated heterocycles. The number of thioether (sulfide) groups is 1. The minimum absolute atomic E-state index is 1.02. The summed E-state index contributed by atoms with van der Waals surface area (Å²) in [6.45, 7) is 0. The Balaban J connectivity index is 2.04. The van der Waals surface area contributed by atoms with Gasteiger partial charge < -0.3 is 0 Å². The summed E-state index contributed by atoms with van der Waals surface area (Å²) in [6, 6.07) is 14.3. The Bertz CT molecular complexity index is 659. The third-order valence-corrected chi connectivity index (χ3v) is 3.58. The maximum absolute atomic E-state index is 4.40. The van der Waals surface area contributed by atoms with E-state index in [1.54, 1.807) is 11.8 Å². The molecule has 0 fully saturated rings. The SMILES string of the molecule is CSc1ccc(-n2cncc2-c2ccccc2)cn1. The van der Waals surface area contributed by atoms with Crippen LogP contribution in [0.25, 0.3) is 16.9 Å². The Kier molecular flexibility index (Phi) is 3.33. The Morgan fingerprint density at radius 1 is 1.00 bits per heavy atom. The van der Waals surface area contributed by atoms with Gasteiger partial charge in [-0.2, -0.15) is 0 Å². The maximum Gasteiger partial charge on any atom is 0.0997 e. The summed E-state index contributed by atoms with van der Waals surface area (Å²) < 4.78 is 2.05. The van der Waals surface area contributed by atoms with Gasteiger partial charge in [-0.15, -0.1) is 11.8 Å². The number of benzene rings is 1. The largest absolute Gasteiger partial charge is 0.297 e. The number of imidazole rings is 1. The van der Waals surface area contributed by atoms with E-state index < -0.39 is 0 Å². The third-order valence-electron chi connectivity index (χ3n) is 2.92. The molecule has 0 aliphatic carbocycles. The van der Waals surface area contributed by atoms with Gasteiger partial charge >= 0.3 is 0 Å². The van der Waals surface area contributed by atoms with Gasteiger partial charge in [0.25, 0.3) is 0 Å². The quantitative estimate of drug-likeness (QED) is 0.679. The average Bonchev–Trinajstić information content (AvgIpc) is 2.98. The standard InChI is InChI=1S/C15H13N3S/c1-19-15-8-7-13(9-17-15)18-11-16-10-14(18)12-5-3-2-4-6-12/h2-11H,1H3. The van der Waals surface area contributed by atoms with Gasteiger partial charge in [-0.05, 0) is 18.4 Å². The zero-order valence-electron chi connectivity index (χ0n) is 10.5. The molecule has 0 N–H and O–H groups in total. The van der Waals surface area contributed by atoms with Crippen LogP contribution in [0.5, 0.6) is 0 Å². The fraction of sp³-hybridized carbons (Fsp3) is 0.0667. The molecule has 0 bridgehead atoms. The van der Waals surface area contributed by atoms with E-state index in [1.807, 2.05) is 53.8 Å². The van der Waals surface area contributed by atoms with Crippen LogP contribution in [0.3, 0.4) is 0 Å². The molecule has 0 saturated carbocycles. The van der Waals surface area contributed by atoms with Crippen LogP contribution < -0.4 is 0 Å². The predicted octanol–water partition coefficient (Wildman–Crippen LogP) is 3.66. The molecular weight excluding hydrogens is 254 g/mol. The van der Waals surface area contributed by atoms with Crippen molar-refractivity contribution in [2.45, 2.75) is 5.03 Å². The van der Waals surface area contributed by atoms with Gasteiger partial charge in [-0.1, -0.05) is 30.3 Å². The van der Waals surface area contributed by atoms with Crippen LogP contribution in [0.4, 0.5) is 0 Å². The van der Waals surface area contributed by atoms with Gasteiger partial charge in [0.1, 0.15) is 0 Å². The van der Waals surface area contributed by atoms with E-state index >= 15 is 0 Å². The van der Waals surface area contributed by atoms with Crippen LogP contribution in [-0.2, 0) is 0 Å². The van der Waals surface area contributed by atoms with Crippen molar-refractivity contribution in [1.82, 2.24) is 14.5 Å². The van der Waals surface area contributed by atoms with E-state index in [9.17, 15) is 0 Å². The molecule has 0 atom stereocenters. The smallest absolute Gasteiger partial charge is 0.0997 e. The fourth-order valence-electron chi connectivity index (χ4n) is 1.96. The van der Waals surface area contributed by atoms with E-state index in [0.29, 0.717) is 0 Å². The van der Waals surface area contributed by atoms with Crippen molar-refractivity contribution in [1.29, 1.82) is 0 Å². The first-order valence-electron chi connectivity index (χ1n) is 5.96. The first kappa shape index (κ1) is 12.0. The first-order chi connectivity index (χ1) is 9.38. The summed E-state index contributed by atoms with van der Waals surface area (Å²) in [6.07, 6.45) is 7.59. The highest BCUT2D eigenvalue weighted by atomic mass is 32.2. The monoisotopic (exact) mass is 267 g/mol. The van der Waals surface area contributed by atoms with Gasteiger partial charge in [-0.3, -0.25) is 4.57 Å². The van der Waals surface area contributed by atoms with E-state index in [4.69, 9.17) is 0 Å². The molecule has 19 heavy (non-hydrogen) atoms.